The van der Waals surface area contributed by atoms with E-state index in [2.05, 4.69) is 200 Å². The summed E-state index contributed by atoms with van der Waals surface area (Å²) in [6.07, 6.45) is 63.2. The van der Waals surface area contributed by atoms with Gasteiger partial charge in [-0.2, -0.15) is 62.7 Å². The Morgan fingerprint density at radius 1 is 0.263 bits per heavy atom. The van der Waals surface area contributed by atoms with Crippen molar-refractivity contribution in [1.29, 1.82) is 0 Å². The molecule has 9 rings (SSSR count). The van der Waals surface area contributed by atoms with Gasteiger partial charge in [0.25, 0.3) is 0 Å². The van der Waals surface area contributed by atoms with Crippen molar-refractivity contribution >= 4 is 0 Å². The topological polar surface area (TPSA) is 0 Å². The van der Waals surface area contributed by atoms with Gasteiger partial charge in [0, 0.05) is 164 Å². The Bertz CT molecular complexity index is 1070. The molecule has 0 bridgehead atoms. The van der Waals surface area contributed by atoms with Crippen LogP contribution >= 0.6 is 0 Å². The second-order valence-corrected chi connectivity index (χ2v) is 34.2. The molecular formula is C90H180Y5-10. The van der Waals surface area contributed by atoms with Crippen LogP contribution in [-0.2, 0) is 164 Å². The summed E-state index contributed by atoms with van der Waals surface area (Å²) in [5, 5.41) is 0. The molecule has 95 heavy (non-hydrogen) atoms. The molecule has 0 spiro atoms. The number of hydrogen-bond donors (Lipinski definition) is 0. The third-order valence-corrected chi connectivity index (χ3v) is 17.5. The Hall–Kier alpha value is 5.52. The van der Waals surface area contributed by atoms with Gasteiger partial charge in [-0.15, -0.1) is 0 Å². The van der Waals surface area contributed by atoms with Crippen molar-refractivity contribution in [2.24, 2.45) is 94.7 Å². The zero-order valence-electron chi connectivity index (χ0n) is 70.1. The van der Waals surface area contributed by atoms with E-state index < -0.39 is 0 Å². The predicted molar refractivity (Wildman–Crippen MR) is 422 cm³/mol. The number of rotatable bonds is 5. The smallest absolute Gasteiger partial charge is 0 e. The van der Waals surface area contributed by atoms with Crippen LogP contribution in [0.1, 0.15) is 421 Å². The fourth-order valence-corrected chi connectivity index (χ4v) is 12.9. The van der Waals surface area contributed by atoms with E-state index in [-0.39, 0.29) is 164 Å². The Labute approximate surface area is 736 Å². The van der Waals surface area contributed by atoms with Gasteiger partial charge in [0.05, 0.1) is 0 Å². The molecule has 0 aromatic carbocycles. The summed E-state index contributed by atoms with van der Waals surface area (Å²) < 4.78 is 0. The molecule has 9 saturated carbocycles. The van der Waals surface area contributed by atoms with Crippen LogP contribution in [0.4, 0.5) is 0 Å². The van der Waals surface area contributed by atoms with Crippen LogP contribution in [0.25, 0.3) is 0 Å². The van der Waals surface area contributed by atoms with Gasteiger partial charge in [-0.3, -0.25) is 0 Å². The van der Waals surface area contributed by atoms with Crippen LogP contribution in [0.5, 0.6) is 0 Å². The first kappa shape index (κ1) is 122. The van der Waals surface area contributed by atoms with Crippen molar-refractivity contribution in [3.63, 3.8) is 0 Å². The van der Waals surface area contributed by atoms with Crippen molar-refractivity contribution in [3.8, 4) is 0 Å². The summed E-state index contributed by atoms with van der Waals surface area (Å²) in [5.74, 6) is 17.8. The average Bonchev–Trinajstić information content (AvgIpc) is 1.03. The Morgan fingerprint density at radius 2 is 0.463 bits per heavy atom. The predicted octanol–water partition coefficient (Wildman–Crippen LogP) is 32.2. The van der Waals surface area contributed by atoms with Crippen LogP contribution < -0.4 is 0 Å². The summed E-state index contributed by atoms with van der Waals surface area (Å²) in [4.78, 5) is 0. The maximum Gasteiger partial charge on any atom is 0 e. The molecule has 5 unspecified atom stereocenters. The SMILES string of the molecule is C1CCC2CCCCC2C1.C1CCC2CCCCC2C1.CC(C)C.CC(C)C.CC(C)C.CC(C)C.CC(C)C.CC(C)C.CC(C)C.[CH2-]CC1CCCCC1[CH2-].[CH2-]CC1CCCCC1[CH2-].[CH2-]CC1[CH-]CCCC1.[CH2-]C[C-]1CCCCC1.[CH2-]C[C-]1CCCCC1.[Y].[Y].[Y].[Y].[Y]. The van der Waals surface area contributed by atoms with Gasteiger partial charge in [0.1, 0.15) is 0 Å². The van der Waals surface area contributed by atoms with Crippen molar-refractivity contribution in [1.82, 2.24) is 0 Å². The van der Waals surface area contributed by atoms with Gasteiger partial charge in [-0.05, 0) is 65.1 Å². The molecule has 5 atom stereocenters. The Balaban J connectivity index is -0.000000104. The summed E-state index contributed by atoms with van der Waals surface area (Å²) in [5.41, 5.74) is 0. The summed E-state index contributed by atoms with van der Waals surface area (Å²) in [6, 6.07) is 0. The van der Waals surface area contributed by atoms with Gasteiger partial charge in [0.2, 0.25) is 0 Å². The van der Waals surface area contributed by atoms with E-state index in [0.717, 1.165) is 115 Å². The van der Waals surface area contributed by atoms with Crippen LogP contribution in [-0.4, -0.2) is 0 Å². The van der Waals surface area contributed by atoms with Crippen molar-refractivity contribution in [2.45, 2.75) is 421 Å². The molecule has 0 aromatic heterocycles. The van der Waals surface area contributed by atoms with Crippen LogP contribution in [0.3, 0.4) is 0 Å². The van der Waals surface area contributed by atoms with Crippen LogP contribution in [0.2, 0.25) is 0 Å². The molecule has 9 aliphatic carbocycles. The third-order valence-electron chi connectivity index (χ3n) is 17.5. The van der Waals surface area contributed by atoms with Gasteiger partial charge in [0.15, 0.2) is 0 Å². The molecule has 0 aromatic rings. The average molecular weight is 1710 g/mol. The number of fused-ring (bicyclic) bond motifs is 2. The minimum absolute atomic E-state index is 0. The molecule has 0 nitrogen and oxygen atoms in total. The first-order valence-corrected chi connectivity index (χ1v) is 40.7. The van der Waals surface area contributed by atoms with E-state index in [0.29, 0.717) is 11.8 Å². The fraction of sp³-hybridized carbons (Fsp3) is 0.889. The van der Waals surface area contributed by atoms with Crippen LogP contribution in [0, 0.1) is 161 Å². The largest absolute Gasteiger partial charge is 0.372 e. The van der Waals surface area contributed by atoms with Gasteiger partial charge < -0.3 is 79.6 Å². The summed E-state index contributed by atoms with van der Waals surface area (Å²) in [6.45, 7) is 73.2. The Kier molecular flexibility index (Phi) is 115. The molecule has 0 saturated heterocycles. The van der Waals surface area contributed by atoms with Crippen LogP contribution in [0.15, 0.2) is 0 Å². The minimum atomic E-state index is 0. The van der Waals surface area contributed by atoms with Gasteiger partial charge in [-0.1, -0.05) is 369 Å². The van der Waals surface area contributed by atoms with Crippen molar-refractivity contribution < 1.29 is 164 Å². The standard InChI is InChI=1S/2C10H18.2C9H16.3C8H14.7C4H10.5Y/c2*1-2-6-10-8-4-3-7-9(10)5-1;2*1-3-9-7-5-4-6-8(9)2;3*1-2-8-6-4-3-5-7-8;7*1-4(2)3;;;;;/h2*9-10H,1-8H2;2*8-9H,1-7H2;2*1-7H2;6,8H,1-5,7H2;7*4H,1-3H3;;;;;/q;;5*-2;;;;;;;;;;;;. The summed E-state index contributed by atoms with van der Waals surface area (Å²) >= 11 is 0. The molecule has 0 heterocycles. The normalized spacial score (nSPS) is 24.7. The van der Waals surface area contributed by atoms with Crippen molar-refractivity contribution in [3.05, 3.63) is 66.7 Å². The molecule has 9 fully saturated rings. The fourth-order valence-electron chi connectivity index (χ4n) is 12.9. The van der Waals surface area contributed by atoms with E-state index in [1.807, 2.05) is 0 Å². The molecule has 0 amide bonds. The van der Waals surface area contributed by atoms with E-state index in [4.69, 9.17) is 0 Å². The minimum Gasteiger partial charge on any atom is -0.372 e. The van der Waals surface area contributed by atoms with Crippen molar-refractivity contribution in [2.75, 3.05) is 0 Å². The second-order valence-electron chi connectivity index (χ2n) is 34.2. The van der Waals surface area contributed by atoms with Gasteiger partial charge >= 0.3 is 0 Å². The number of hydrogen-bond acceptors (Lipinski definition) is 0. The molecular weight excluding hydrogens is 1530 g/mol. The first-order chi connectivity index (χ1) is 42.5. The zero-order chi connectivity index (χ0) is 69.5. The summed E-state index contributed by atoms with van der Waals surface area (Å²) in [7, 11) is 0. The molecule has 565 valence electrons. The maximum atomic E-state index is 4.11. The monoisotopic (exact) mass is 1710 g/mol. The molecule has 0 N–H and O–H groups in total. The zero-order valence-corrected chi connectivity index (χ0v) is 84.2. The molecule has 5 radical (unpaired) electrons. The second kappa shape index (κ2) is 90.1. The third kappa shape index (κ3) is 99.5. The maximum absolute atomic E-state index is 4.11. The first-order valence-electron chi connectivity index (χ1n) is 40.7. The van der Waals surface area contributed by atoms with E-state index >= 15 is 0 Å². The molecule has 0 aliphatic heterocycles. The molecule has 9 aliphatic rings. The Morgan fingerprint density at radius 3 is 0.600 bits per heavy atom. The molecule has 5 heteroatoms. The van der Waals surface area contributed by atoms with E-state index in [9.17, 15) is 0 Å². The van der Waals surface area contributed by atoms with E-state index in [1.165, 1.54) is 193 Å². The quantitative estimate of drug-likeness (QED) is 0.241. The van der Waals surface area contributed by atoms with Gasteiger partial charge in [-0.25, -0.2) is 6.42 Å². The van der Waals surface area contributed by atoms with E-state index in [1.54, 1.807) is 63.2 Å².